The van der Waals surface area contributed by atoms with Crippen LogP contribution in [0.25, 0.3) is 0 Å². The highest BCUT2D eigenvalue weighted by molar-refractivity contribution is 8.00. The number of hydrogen-bond acceptors (Lipinski definition) is 4. The number of primary amides is 1. The molecule has 0 saturated heterocycles. The smallest absolute Gasteiger partial charge is 0.273 e. The van der Waals surface area contributed by atoms with Gasteiger partial charge in [0.2, 0.25) is 5.91 Å². The summed E-state index contributed by atoms with van der Waals surface area (Å²) in [5, 5.41) is 0.278. The highest BCUT2D eigenvalue weighted by Crippen LogP contribution is 2.37. The lowest BCUT2D eigenvalue weighted by molar-refractivity contribution is -0.117. The topological polar surface area (TPSA) is 78.0 Å². The normalized spacial score (nSPS) is 16.8. The molecule has 0 aromatic carbocycles. The van der Waals surface area contributed by atoms with Crippen molar-refractivity contribution in [1.82, 2.24) is 9.55 Å². The summed E-state index contributed by atoms with van der Waals surface area (Å²) < 4.78 is 1.97. The summed E-state index contributed by atoms with van der Waals surface area (Å²) in [5.74, 6) is -0.363. The van der Waals surface area contributed by atoms with Crippen LogP contribution in [0.3, 0.4) is 0 Å². The molecule has 1 aliphatic carbocycles. The third-order valence-corrected chi connectivity index (χ3v) is 4.04. The quantitative estimate of drug-likeness (QED) is 0.625. The molecule has 0 aliphatic heterocycles. The Bertz CT molecular complexity index is 482. The molecule has 1 saturated carbocycles. The summed E-state index contributed by atoms with van der Waals surface area (Å²) in [7, 11) is 0. The zero-order valence-electron chi connectivity index (χ0n) is 9.63. The van der Waals surface area contributed by atoms with Crippen molar-refractivity contribution in [2.75, 3.05) is 0 Å². The van der Waals surface area contributed by atoms with Gasteiger partial charge in [0.05, 0.1) is 5.25 Å². The molecule has 1 fully saturated rings. The highest BCUT2D eigenvalue weighted by atomic mass is 32.2. The Kier molecular flexibility index (Phi) is 3.51. The third kappa shape index (κ3) is 2.88. The van der Waals surface area contributed by atoms with Gasteiger partial charge in [-0.05, 0) is 19.3 Å². The number of nitrogens with two attached hydrogens (primary N) is 1. The first-order chi connectivity index (χ1) is 8.11. The Labute approximate surface area is 103 Å². The fraction of sp³-hybridized carbons (Fsp3) is 0.545. The molecule has 0 unspecified atom stereocenters. The van der Waals surface area contributed by atoms with Crippen LogP contribution in [0.15, 0.2) is 22.2 Å². The van der Waals surface area contributed by atoms with Crippen LogP contribution in [0, 0.1) is 0 Å². The maximum Gasteiger partial charge on any atom is 0.273 e. The van der Waals surface area contributed by atoms with Crippen LogP contribution in [-0.2, 0) is 4.79 Å². The van der Waals surface area contributed by atoms with E-state index in [2.05, 4.69) is 4.98 Å². The third-order valence-electron chi connectivity index (χ3n) is 2.68. The standard InChI is InChI=1S/C11H15N3O2S/c1-2-8(10(12)16)17-11-13-9(15)5-6-14(11)7-3-4-7/h5-8H,2-4H2,1H3,(H2,12,16)/t8-/m1/s1. The Balaban J connectivity index is 2.26. The number of carbonyl (C=O) groups is 1. The van der Waals surface area contributed by atoms with E-state index in [0.29, 0.717) is 17.6 Å². The first kappa shape index (κ1) is 12.2. The lowest BCUT2D eigenvalue weighted by atomic mass is 10.3. The zero-order valence-corrected chi connectivity index (χ0v) is 10.4. The van der Waals surface area contributed by atoms with E-state index >= 15 is 0 Å². The van der Waals surface area contributed by atoms with E-state index in [1.54, 1.807) is 6.20 Å². The minimum absolute atomic E-state index is 0.274. The number of nitrogens with zero attached hydrogens (tertiary/aromatic N) is 2. The molecule has 1 amide bonds. The molecule has 0 spiro atoms. The van der Waals surface area contributed by atoms with E-state index in [9.17, 15) is 9.59 Å². The van der Waals surface area contributed by atoms with Crippen LogP contribution in [0.2, 0.25) is 0 Å². The van der Waals surface area contributed by atoms with E-state index in [1.807, 2.05) is 11.5 Å². The molecule has 0 radical (unpaired) electrons. The minimum atomic E-state index is -0.363. The highest BCUT2D eigenvalue weighted by Gasteiger charge is 2.27. The Morgan fingerprint density at radius 2 is 2.41 bits per heavy atom. The fourth-order valence-corrected chi connectivity index (χ4v) is 2.60. The number of amides is 1. The zero-order chi connectivity index (χ0) is 12.4. The SMILES string of the molecule is CC[C@@H](Sc1nc(=O)ccn1C1CC1)C(N)=O. The molecule has 1 aromatic rings. The van der Waals surface area contributed by atoms with E-state index in [4.69, 9.17) is 5.73 Å². The summed E-state index contributed by atoms with van der Waals surface area (Å²) in [5.41, 5.74) is 5.03. The van der Waals surface area contributed by atoms with Gasteiger partial charge in [0.15, 0.2) is 5.16 Å². The van der Waals surface area contributed by atoms with E-state index in [0.717, 1.165) is 12.8 Å². The van der Waals surface area contributed by atoms with Gasteiger partial charge < -0.3 is 10.3 Å². The Morgan fingerprint density at radius 3 is 2.94 bits per heavy atom. The van der Waals surface area contributed by atoms with Gasteiger partial charge in [-0.25, -0.2) is 0 Å². The number of aromatic nitrogens is 2. The van der Waals surface area contributed by atoms with Gasteiger partial charge >= 0.3 is 0 Å². The second-order valence-electron chi connectivity index (χ2n) is 4.10. The molecule has 6 heteroatoms. The molecule has 2 rings (SSSR count). The molecule has 0 bridgehead atoms. The van der Waals surface area contributed by atoms with Gasteiger partial charge in [0, 0.05) is 18.3 Å². The van der Waals surface area contributed by atoms with Crippen LogP contribution in [0.1, 0.15) is 32.2 Å². The number of hydrogen-bond donors (Lipinski definition) is 1. The fourth-order valence-electron chi connectivity index (χ4n) is 1.58. The van der Waals surface area contributed by atoms with Gasteiger partial charge in [-0.3, -0.25) is 9.59 Å². The molecular formula is C11H15N3O2S. The van der Waals surface area contributed by atoms with Gasteiger partial charge in [-0.1, -0.05) is 18.7 Å². The van der Waals surface area contributed by atoms with Crippen molar-refractivity contribution in [1.29, 1.82) is 0 Å². The largest absolute Gasteiger partial charge is 0.369 e. The molecule has 17 heavy (non-hydrogen) atoms. The van der Waals surface area contributed by atoms with Crippen molar-refractivity contribution in [2.24, 2.45) is 5.73 Å². The molecule has 2 N–H and O–H groups in total. The summed E-state index contributed by atoms with van der Waals surface area (Å²) in [6.45, 7) is 1.89. The first-order valence-corrected chi connectivity index (χ1v) is 6.55. The van der Waals surface area contributed by atoms with Crippen LogP contribution >= 0.6 is 11.8 Å². The average molecular weight is 253 g/mol. The van der Waals surface area contributed by atoms with Gasteiger partial charge in [-0.15, -0.1) is 0 Å². The van der Waals surface area contributed by atoms with Crippen molar-refractivity contribution in [3.63, 3.8) is 0 Å². The molecule has 1 heterocycles. The van der Waals surface area contributed by atoms with E-state index in [1.165, 1.54) is 17.8 Å². The van der Waals surface area contributed by atoms with Crippen molar-refractivity contribution < 1.29 is 4.79 Å². The number of thioether (sulfide) groups is 1. The predicted molar refractivity (Wildman–Crippen MR) is 65.9 cm³/mol. The van der Waals surface area contributed by atoms with Gasteiger partial charge in [0.1, 0.15) is 0 Å². The average Bonchev–Trinajstić information content (AvgIpc) is 3.09. The Hall–Kier alpha value is -1.30. The lowest BCUT2D eigenvalue weighted by Crippen LogP contribution is -2.26. The summed E-state index contributed by atoms with van der Waals surface area (Å²) in [6.07, 6.45) is 4.59. The lowest BCUT2D eigenvalue weighted by Gasteiger charge is -2.14. The molecule has 92 valence electrons. The summed E-state index contributed by atoms with van der Waals surface area (Å²) >= 11 is 1.28. The van der Waals surface area contributed by atoms with Crippen molar-refractivity contribution in [3.8, 4) is 0 Å². The maximum absolute atomic E-state index is 11.3. The second-order valence-corrected chi connectivity index (χ2v) is 5.27. The summed E-state index contributed by atoms with van der Waals surface area (Å²) in [4.78, 5) is 26.4. The molecule has 1 aliphatic rings. The molecule has 1 atom stereocenters. The first-order valence-electron chi connectivity index (χ1n) is 5.67. The van der Waals surface area contributed by atoms with Crippen molar-refractivity contribution in [2.45, 2.75) is 42.6 Å². The molecule has 5 nitrogen and oxygen atoms in total. The van der Waals surface area contributed by atoms with Crippen molar-refractivity contribution >= 4 is 17.7 Å². The second kappa shape index (κ2) is 4.91. The molecular weight excluding hydrogens is 238 g/mol. The Morgan fingerprint density at radius 1 is 1.71 bits per heavy atom. The molecule has 1 aromatic heterocycles. The van der Waals surface area contributed by atoms with Crippen molar-refractivity contribution in [3.05, 3.63) is 22.6 Å². The predicted octanol–water partition coefficient (Wildman–Crippen LogP) is 0.934. The number of carbonyl (C=O) groups excluding carboxylic acids is 1. The monoisotopic (exact) mass is 253 g/mol. The van der Waals surface area contributed by atoms with E-state index < -0.39 is 0 Å². The van der Waals surface area contributed by atoms with Crippen LogP contribution in [0.5, 0.6) is 0 Å². The van der Waals surface area contributed by atoms with Crippen LogP contribution in [0.4, 0.5) is 0 Å². The van der Waals surface area contributed by atoms with E-state index in [-0.39, 0.29) is 16.7 Å². The minimum Gasteiger partial charge on any atom is -0.369 e. The maximum atomic E-state index is 11.3. The summed E-state index contributed by atoms with van der Waals surface area (Å²) in [6, 6.07) is 1.88. The van der Waals surface area contributed by atoms with Gasteiger partial charge in [0.25, 0.3) is 5.56 Å². The van der Waals surface area contributed by atoms with Gasteiger partial charge in [-0.2, -0.15) is 4.98 Å². The van der Waals surface area contributed by atoms with Crippen LogP contribution in [-0.4, -0.2) is 20.7 Å². The number of rotatable bonds is 5. The van der Waals surface area contributed by atoms with Crippen LogP contribution < -0.4 is 11.3 Å².